The third-order valence-electron chi connectivity index (χ3n) is 8.20. The molecule has 1 aromatic heterocycles. The highest BCUT2D eigenvalue weighted by Crippen LogP contribution is 2.47. The molecule has 1 aromatic carbocycles. The third-order valence-corrected chi connectivity index (χ3v) is 8.20. The average molecular weight is 485 g/mol. The Morgan fingerprint density at radius 3 is 2.74 bits per heavy atom. The van der Waals surface area contributed by atoms with E-state index in [4.69, 9.17) is 0 Å². The lowest BCUT2D eigenvalue weighted by Crippen LogP contribution is -2.54. The molecule has 1 amide bonds. The van der Waals surface area contributed by atoms with Gasteiger partial charge < -0.3 is 10.4 Å². The molecule has 0 bridgehead atoms. The van der Waals surface area contributed by atoms with Gasteiger partial charge in [0.15, 0.2) is 0 Å². The fourth-order valence-electron chi connectivity index (χ4n) is 6.28. The molecular formula is C27H34F2N4O2. The number of fused-ring (bicyclic) bond motifs is 1. The molecule has 6 unspecified atom stereocenters. The zero-order valence-corrected chi connectivity index (χ0v) is 20.0. The number of amides is 1. The molecule has 5 rings (SSSR count). The lowest BCUT2D eigenvalue weighted by atomic mass is 9.73. The lowest BCUT2D eigenvalue weighted by Gasteiger charge is -2.42. The predicted octanol–water partition coefficient (Wildman–Crippen LogP) is 3.91. The number of carbonyl (C=O) groups excluding carboxylic acids is 1. The number of carbonyl (C=O) groups is 1. The van der Waals surface area contributed by atoms with Gasteiger partial charge in [0.2, 0.25) is 5.91 Å². The number of benzene rings is 1. The SMILES string of the molecule is Cc1cc(C2NNC3CCC(C(=O)NC4CCCC(O)(C(F)(F)c5ccccc5)C4)CC32)ccn1. The number of rotatable bonds is 5. The third kappa shape index (κ3) is 4.71. The molecule has 188 valence electrons. The van der Waals surface area contributed by atoms with Gasteiger partial charge in [0.25, 0.3) is 0 Å². The van der Waals surface area contributed by atoms with Crippen molar-refractivity contribution in [1.29, 1.82) is 0 Å². The van der Waals surface area contributed by atoms with Gasteiger partial charge in [0.1, 0.15) is 5.60 Å². The van der Waals surface area contributed by atoms with Crippen molar-refractivity contribution >= 4 is 5.91 Å². The number of aliphatic hydroxyl groups is 1. The highest BCUT2D eigenvalue weighted by atomic mass is 19.3. The van der Waals surface area contributed by atoms with E-state index < -0.39 is 17.6 Å². The van der Waals surface area contributed by atoms with Crippen LogP contribution in [0.15, 0.2) is 48.7 Å². The van der Waals surface area contributed by atoms with Crippen LogP contribution in [-0.2, 0) is 10.7 Å². The van der Waals surface area contributed by atoms with Crippen LogP contribution in [0.1, 0.15) is 67.8 Å². The van der Waals surface area contributed by atoms with E-state index in [0.717, 1.165) is 30.5 Å². The summed E-state index contributed by atoms with van der Waals surface area (Å²) in [7, 11) is 0. The van der Waals surface area contributed by atoms with E-state index in [0.29, 0.717) is 18.9 Å². The first kappa shape index (κ1) is 24.3. The van der Waals surface area contributed by atoms with Gasteiger partial charge in [-0.15, -0.1) is 0 Å². The molecule has 4 N–H and O–H groups in total. The highest BCUT2D eigenvalue weighted by Gasteiger charge is 2.55. The Morgan fingerprint density at radius 1 is 1.17 bits per heavy atom. The summed E-state index contributed by atoms with van der Waals surface area (Å²) in [6.45, 7) is 1.97. The van der Waals surface area contributed by atoms with Crippen molar-refractivity contribution in [3.63, 3.8) is 0 Å². The van der Waals surface area contributed by atoms with E-state index in [9.17, 15) is 9.90 Å². The van der Waals surface area contributed by atoms with Crippen LogP contribution < -0.4 is 16.2 Å². The summed E-state index contributed by atoms with van der Waals surface area (Å²) in [6.07, 6.45) is 5.05. The minimum atomic E-state index is -3.38. The molecule has 0 spiro atoms. The van der Waals surface area contributed by atoms with E-state index in [2.05, 4.69) is 27.2 Å². The van der Waals surface area contributed by atoms with Crippen molar-refractivity contribution in [2.45, 2.75) is 81.5 Å². The van der Waals surface area contributed by atoms with Gasteiger partial charge in [-0.2, -0.15) is 8.78 Å². The maximum absolute atomic E-state index is 15.3. The summed E-state index contributed by atoms with van der Waals surface area (Å²) in [5, 5.41) is 14.1. The normalized spacial score (nSPS) is 33.2. The summed E-state index contributed by atoms with van der Waals surface area (Å²) in [5.74, 6) is -3.38. The van der Waals surface area contributed by atoms with Crippen LogP contribution in [0, 0.1) is 18.8 Å². The monoisotopic (exact) mass is 484 g/mol. The lowest BCUT2D eigenvalue weighted by molar-refractivity contribution is -0.206. The number of hydrazine groups is 1. The zero-order valence-electron chi connectivity index (χ0n) is 20.0. The Kier molecular flexibility index (Phi) is 6.63. The predicted molar refractivity (Wildman–Crippen MR) is 128 cm³/mol. The quantitative estimate of drug-likeness (QED) is 0.517. The van der Waals surface area contributed by atoms with Crippen LogP contribution in [0.3, 0.4) is 0 Å². The second-order valence-electron chi connectivity index (χ2n) is 10.6. The first-order valence-electron chi connectivity index (χ1n) is 12.7. The van der Waals surface area contributed by atoms with Gasteiger partial charge in [0.05, 0.1) is 6.04 Å². The number of alkyl halides is 2. The number of halogens is 2. The van der Waals surface area contributed by atoms with E-state index >= 15 is 8.78 Å². The topological polar surface area (TPSA) is 86.3 Å². The van der Waals surface area contributed by atoms with Gasteiger partial charge in [-0.3, -0.25) is 15.2 Å². The maximum Gasteiger partial charge on any atom is 0.301 e. The number of hydrogen-bond donors (Lipinski definition) is 4. The first-order valence-corrected chi connectivity index (χ1v) is 12.7. The van der Waals surface area contributed by atoms with Crippen LogP contribution >= 0.6 is 0 Å². The summed E-state index contributed by atoms with van der Waals surface area (Å²) in [6, 6.07) is 11.5. The molecule has 35 heavy (non-hydrogen) atoms. The standard InChI is InChI=1S/C27H34F2N4O2/c1-17-14-18(11-13-30-17)24-22-15-19(9-10-23(22)32-33-24)25(34)31-21-8-5-12-26(35,16-21)27(28,29)20-6-3-2-4-7-20/h2-4,6-7,11,13-14,19,21-24,32-33,35H,5,8-10,12,15-16H2,1H3,(H,31,34). The van der Waals surface area contributed by atoms with Crippen molar-refractivity contribution in [3.8, 4) is 0 Å². The molecule has 3 aliphatic rings. The molecule has 6 atom stereocenters. The van der Waals surface area contributed by atoms with Crippen molar-refractivity contribution in [1.82, 2.24) is 21.2 Å². The van der Waals surface area contributed by atoms with E-state index in [1.54, 1.807) is 18.2 Å². The number of nitrogens with zero attached hydrogens (tertiary/aromatic N) is 1. The molecule has 2 heterocycles. The van der Waals surface area contributed by atoms with Crippen LogP contribution in [0.2, 0.25) is 0 Å². The van der Waals surface area contributed by atoms with E-state index in [1.165, 1.54) is 12.1 Å². The molecule has 1 saturated heterocycles. The average Bonchev–Trinajstić information content (AvgIpc) is 3.28. The van der Waals surface area contributed by atoms with Gasteiger partial charge in [-0.05, 0) is 69.1 Å². The maximum atomic E-state index is 15.3. The molecule has 1 aliphatic heterocycles. The van der Waals surface area contributed by atoms with Gasteiger partial charge >= 0.3 is 5.92 Å². The number of pyridine rings is 1. The zero-order chi connectivity index (χ0) is 24.6. The molecule has 8 heteroatoms. The Morgan fingerprint density at radius 2 is 1.97 bits per heavy atom. The van der Waals surface area contributed by atoms with Crippen LogP contribution in [-0.4, -0.2) is 33.7 Å². The number of aryl methyl sites for hydroxylation is 1. The minimum Gasteiger partial charge on any atom is -0.383 e. The molecule has 0 radical (unpaired) electrons. The number of aromatic nitrogens is 1. The number of hydrogen-bond acceptors (Lipinski definition) is 5. The molecule has 2 aliphatic carbocycles. The van der Waals surface area contributed by atoms with E-state index in [-0.39, 0.29) is 42.2 Å². The van der Waals surface area contributed by atoms with Crippen molar-refractivity contribution in [2.24, 2.45) is 11.8 Å². The van der Waals surface area contributed by atoms with E-state index in [1.807, 2.05) is 19.2 Å². The van der Waals surface area contributed by atoms with Gasteiger partial charge in [-0.1, -0.05) is 30.3 Å². The summed E-state index contributed by atoms with van der Waals surface area (Å²) in [4.78, 5) is 17.5. The van der Waals surface area contributed by atoms with Gasteiger partial charge in [-0.25, -0.2) is 5.43 Å². The minimum absolute atomic E-state index is 0.0127. The fourth-order valence-corrected chi connectivity index (χ4v) is 6.28. The summed E-state index contributed by atoms with van der Waals surface area (Å²) in [5.41, 5.74) is 6.53. The Bertz CT molecular complexity index is 1050. The van der Waals surface area contributed by atoms with Crippen LogP contribution in [0.4, 0.5) is 8.78 Å². The Labute approximate surface area is 204 Å². The van der Waals surface area contributed by atoms with Crippen LogP contribution in [0.5, 0.6) is 0 Å². The fraction of sp³-hybridized carbons (Fsp3) is 0.556. The molecule has 3 fully saturated rings. The van der Waals surface area contributed by atoms with Crippen molar-refractivity contribution < 1.29 is 18.7 Å². The highest BCUT2D eigenvalue weighted by molar-refractivity contribution is 5.79. The number of nitrogens with one attached hydrogen (secondary N) is 3. The van der Waals surface area contributed by atoms with Crippen molar-refractivity contribution in [2.75, 3.05) is 0 Å². The first-order chi connectivity index (χ1) is 16.8. The smallest absolute Gasteiger partial charge is 0.301 e. The second kappa shape index (κ2) is 9.56. The summed E-state index contributed by atoms with van der Waals surface area (Å²) < 4.78 is 30.6. The Balaban J connectivity index is 1.24. The molecule has 2 aromatic rings. The summed E-state index contributed by atoms with van der Waals surface area (Å²) >= 11 is 0. The molecular weight excluding hydrogens is 450 g/mol. The Hall–Kier alpha value is -2.42. The second-order valence-corrected chi connectivity index (χ2v) is 10.6. The largest absolute Gasteiger partial charge is 0.383 e. The molecule has 2 saturated carbocycles. The van der Waals surface area contributed by atoms with Gasteiger partial charge in [0, 0.05) is 41.9 Å². The van der Waals surface area contributed by atoms with Crippen molar-refractivity contribution in [3.05, 3.63) is 65.5 Å². The van der Waals surface area contributed by atoms with Crippen LogP contribution in [0.25, 0.3) is 0 Å². The molecule has 6 nitrogen and oxygen atoms in total.